The van der Waals surface area contributed by atoms with E-state index < -0.39 is 0 Å². The van der Waals surface area contributed by atoms with E-state index >= 15 is 0 Å². The number of amides is 1. The van der Waals surface area contributed by atoms with Crippen LogP contribution in [-0.4, -0.2) is 12.5 Å². The van der Waals surface area contributed by atoms with Crippen molar-refractivity contribution in [3.8, 4) is 5.75 Å². The summed E-state index contributed by atoms with van der Waals surface area (Å²) in [5.74, 6) is 0.363. The van der Waals surface area contributed by atoms with Crippen LogP contribution in [0.4, 0.5) is 5.69 Å². The van der Waals surface area contributed by atoms with Gasteiger partial charge in [-0.2, -0.15) is 0 Å². The number of carbonyl (C=O) groups excluding carboxylic acids is 1. The molecule has 0 unspecified atom stereocenters. The van der Waals surface area contributed by atoms with Crippen LogP contribution in [-0.2, 0) is 0 Å². The van der Waals surface area contributed by atoms with Crippen molar-refractivity contribution in [1.82, 2.24) is 0 Å². The van der Waals surface area contributed by atoms with E-state index in [2.05, 4.69) is 5.32 Å². The van der Waals surface area contributed by atoms with Gasteiger partial charge in [0.1, 0.15) is 5.75 Å². The average molecular weight is 384 g/mol. The van der Waals surface area contributed by atoms with Crippen LogP contribution in [0.1, 0.15) is 17.3 Å². The minimum atomic E-state index is -0.212. The maximum atomic E-state index is 12.6. The van der Waals surface area contributed by atoms with Crippen LogP contribution in [0.25, 0.3) is 0 Å². The quantitative estimate of drug-likeness (QED) is 0.555. The molecule has 3 aromatic carbocycles. The predicted molar refractivity (Wildman–Crippen MR) is 108 cm³/mol. The van der Waals surface area contributed by atoms with Gasteiger partial charge >= 0.3 is 0 Å². The topological polar surface area (TPSA) is 38.3 Å². The lowest BCUT2D eigenvalue weighted by Gasteiger charge is -2.12. The van der Waals surface area contributed by atoms with Crippen molar-refractivity contribution in [3.63, 3.8) is 0 Å². The van der Waals surface area contributed by atoms with Crippen LogP contribution < -0.4 is 10.1 Å². The molecule has 0 heterocycles. The minimum absolute atomic E-state index is 0.212. The van der Waals surface area contributed by atoms with Crippen molar-refractivity contribution in [2.75, 3.05) is 11.9 Å². The number of halogens is 1. The summed E-state index contributed by atoms with van der Waals surface area (Å²) in [5.41, 5.74) is 1.24. The average Bonchev–Trinajstić information content (AvgIpc) is 2.66. The highest BCUT2D eigenvalue weighted by Crippen LogP contribution is 2.33. The van der Waals surface area contributed by atoms with E-state index in [0.717, 1.165) is 15.5 Å². The second-order valence-corrected chi connectivity index (χ2v) is 6.97. The highest BCUT2D eigenvalue weighted by molar-refractivity contribution is 7.99. The summed E-state index contributed by atoms with van der Waals surface area (Å²) in [4.78, 5) is 14.7. The molecule has 0 fully saturated rings. The SMILES string of the molecule is CCOc1ccc(C(=O)Nc2ccccc2Sc2ccccc2)cc1Cl. The molecular formula is C21H18ClNO2S. The van der Waals surface area contributed by atoms with Crippen LogP contribution in [0.2, 0.25) is 5.02 Å². The molecule has 132 valence electrons. The largest absolute Gasteiger partial charge is 0.492 e. The van der Waals surface area contributed by atoms with E-state index in [0.29, 0.717) is 22.9 Å². The van der Waals surface area contributed by atoms with E-state index in [1.165, 1.54) is 0 Å². The lowest BCUT2D eigenvalue weighted by atomic mass is 10.2. The van der Waals surface area contributed by atoms with Gasteiger partial charge in [-0.1, -0.05) is 53.7 Å². The number of hydrogen-bond donors (Lipinski definition) is 1. The van der Waals surface area contributed by atoms with Crippen molar-refractivity contribution in [2.24, 2.45) is 0 Å². The number of carbonyl (C=O) groups is 1. The summed E-state index contributed by atoms with van der Waals surface area (Å²) in [7, 11) is 0. The lowest BCUT2D eigenvalue weighted by molar-refractivity contribution is 0.102. The van der Waals surface area contributed by atoms with E-state index in [-0.39, 0.29) is 5.91 Å². The summed E-state index contributed by atoms with van der Waals surface area (Å²) in [6.07, 6.45) is 0. The van der Waals surface area contributed by atoms with Crippen LogP contribution >= 0.6 is 23.4 Å². The van der Waals surface area contributed by atoms with Gasteiger partial charge < -0.3 is 10.1 Å². The summed E-state index contributed by atoms with van der Waals surface area (Å²) in [6, 6.07) is 22.8. The molecule has 3 nitrogen and oxygen atoms in total. The van der Waals surface area contributed by atoms with Gasteiger partial charge in [0, 0.05) is 15.4 Å². The van der Waals surface area contributed by atoms with Crippen molar-refractivity contribution in [1.29, 1.82) is 0 Å². The van der Waals surface area contributed by atoms with Gasteiger partial charge in [-0.3, -0.25) is 4.79 Å². The molecule has 0 atom stereocenters. The van der Waals surface area contributed by atoms with Crippen molar-refractivity contribution in [2.45, 2.75) is 16.7 Å². The summed E-state index contributed by atoms with van der Waals surface area (Å²) in [6.45, 7) is 2.41. The summed E-state index contributed by atoms with van der Waals surface area (Å²) >= 11 is 7.79. The third-order valence-electron chi connectivity index (χ3n) is 3.60. The molecule has 3 aromatic rings. The molecule has 0 aromatic heterocycles. The first kappa shape index (κ1) is 18.4. The van der Waals surface area contributed by atoms with Crippen LogP contribution in [0.3, 0.4) is 0 Å². The fourth-order valence-corrected chi connectivity index (χ4v) is 3.54. The van der Waals surface area contributed by atoms with E-state index in [1.807, 2.05) is 61.5 Å². The smallest absolute Gasteiger partial charge is 0.255 e. The Morgan fingerprint density at radius 3 is 2.50 bits per heavy atom. The molecular weight excluding hydrogens is 366 g/mol. The number of nitrogens with one attached hydrogen (secondary N) is 1. The molecule has 3 rings (SSSR count). The van der Waals surface area contributed by atoms with Crippen LogP contribution in [0, 0.1) is 0 Å². The minimum Gasteiger partial charge on any atom is -0.492 e. The molecule has 26 heavy (non-hydrogen) atoms. The first-order chi connectivity index (χ1) is 12.7. The molecule has 0 spiro atoms. The zero-order valence-corrected chi connectivity index (χ0v) is 15.8. The Labute approximate surface area is 162 Å². The van der Waals surface area contributed by atoms with Gasteiger partial charge in [0.15, 0.2) is 0 Å². The maximum absolute atomic E-state index is 12.6. The lowest BCUT2D eigenvalue weighted by Crippen LogP contribution is -2.12. The van der Waals surface area contributed by atoms with Gasteiger partial charge in [-0.15, -0.1) is 0 Å². The van der Waals surface area contributed by atoms with Crippen molar-refractivity contribution < 1.29 is 9.53 Å². The normalized spacial score (nSPS) is 10.4. The van der Waals surface area contributed by atoms with Crippen LogP contribution in [0.15, 0.2) is 82.6 Å². The standard InChI is InChI=1S/C21H18ClNO2S/c1-2-25-19-13-12-15(14-17(19)22)21(24)23-18-10-6-7-11-20(18)26-16-8-4-3-5-9-16/h3-14H,2H2,1H3,(H,23,24). The van der Waals surface area contributed by atoms with Gasteiger partial charge in [0.25, 0.3) is 5.91 Å². The summed E-state index contributed by atoms with van der Waals surface area (Å²) < 4.78 is 5.41. The number of hydrogen-bond acceptors (Lipinski definition) is 3. The Morgan fingerprint density at radius 2 is 1.77 bits per heavy atom. The fourth-order valence-electron chi connectivity index (χ4n) is 2.38. The summed E-state index contributed by atoms with van der Waals surface area (Å²) in [5, 5.41) is 3.39. The second kappa shape index (κ2) is 8.79. The number of ether oxygens (including phenoxy) is 1. The number of para-hydroxylation sites is 1. The molecule has 0 bridgehead atoms. The fraction of sp³-hybridized carbons (Fsp3) is 0.0952. The molecule has 5 heteroatoms. The third kappa shape index (κ3) is 4.59. The molecule has 0 saturated heterocycles. The van der Waals surface area contributed by atoms with Gasteiger partial charge in [0.2, 0.25) is 0 Å². The van der Waals surface area contributed by atoms with Gasteiger partial charge in [-0.05, 0) is 49.4 Å². The van der Waals surface area contributed by atoms with Gasteiger partial charge in [0.05, 0.1) is 17.3 Å². The molecule has 0 aliphatic carbocycles. The Morgan fingerprint density at radius 1 is 1.04 bits per heavy atom. The maximum Gasteiger partial charge on any atom is 0.255 e. The highest BCUT2D eigenvalue weighted by Gasteiger charge is 2.12. The third-order valence-corrected chi connectivity index (χ3v) is 4.98. The second-order valence-electron chi connectivity index (χ2n) is 5.44. The number of benzene rings is 3. The molecule has 0 radical (unpaired) electrons. The number of anilines is 1. The molecule has 1 N–H and O–H groups in total. The van der Waals surface area contributed by atoms with Crippen LogP contribution in [0.5, 0.6) is 5.75 Å². The van der Waals surface area contributed by atoms with Gasteiger partial charge in [-0.25, -0.2) is 0 Å². The zero-order valence-electron chi connectivity index (χ0n) is 14.2. The molecule has 1 amide bonds. The predicted octanol–water partition coefficient (Wildman–Crippen LogP) is 6.14. The molecule has 0 saturated carbocycles. The van der Waals surface area contributed by atoms with E-state index in [9.17, 15) is 4.79 Å². The highest BCUT2D eigenvalue weighted by atomic mass is 35.5. The number of rotatable bonds is 6. The molecule has 0 aliphatic rings. The zero-order chi connectivity index (χ0) is 18.4. The molecule has 0 aliphatic heterocycles. The first-order valence-corrected chi connectivity index (χ1v) is 9.42. The van der Waals surface area contributed by atoms with E-state index in [1.54, 1.807) is 30.0 Å². The Bertz CT molecular complexity index is 900. The van der Waals surface area contributed by atoms with Crippen molar-refractivity contribution in [3.05, 3.63) is 83.4 Å². The Balaban J connectivity index is 1.78. The Hall–Kier alpha value is -2.43. The first-order valence-electron chi connectivity index (χ1n) is 8.23. The Kier molecular flexibility index (Phi) is 6.21. The van der Waals surface area contributed by atoms with E-state index in [4.69, 9.17) is 16.3 Å². The monoisotopic (exact) mass is 383 g/mol. The van der Waals surface area contributed by atoms with Crippen molar-refractivity contribution >= 4 is 35.0 Å².